The minimum Gasteiger partial charge on any atom is -0.250 e. The Morgan fingerprint density at radius 2 is 1.86 bits per heavy atom. The molecule has 0 atom stereocenters. The molecule has 22 heavy (non-hydrogen) atoms. The van der Waals surface area contributed by atoms with Crippen LogP contribution in [0.3, 0.4) is 0 Å². The predicted octanol–water partition coefficient (Wildman–Crippen LogP) is 4.23. The Balaban J connectivity index is 2.17. The smallest absolute Gasteiger partial charge is 0.231 e. The minimum absolute atomic E-state index is 0.643. The third-order valence-electron chi connectivity index (χ3n) is 4.14. The highest BCUT2D eigenvalue weighted by Gasteiger charge is 2.16. The van der Waals surface area contributed by atoms with E-state index in [1.54, 1.807) is 0 Å². The van der Waals surface area contributed by atoms with Crippen molar-refractivity contribution in [2.75, 3.05) is 0 Å². The highest BCUT2D eigenvalue weighted by molar-refractivity contribution is 5.74. The molecule has 2 heterocycles. The first-order valence-corrected chi connectivity index (χ1v) is 7.90. The summed E-state index contributed by atoms with van der Waals surface area (Å²) in [5, 5.41) is 0. The van der Waals surface area contributed by atoms with Gasteiger partial charge >= 0.3 is 0 Å². The van der Waals surface area contributed by atoms with Crippen LogP contribution in [0.5, 0.6) is 0 Å². The van der Waals surface area contributed by atoms with Crippen molar-refractivity contribution in [1.82, 2.24) is 4.98 Å². The molecule has 1 aromatic carbocycles. The van der Waals surface area contributed by atoms with Crippen LogP contribution in [0.2, 0.25) is 0 Å². The molecule has 0 spiro atoms. The molecule has 0 aliphatic carbocycles. The first kappa shape index (κ1) is 14.7. The van der Waals surface area contributed by atoms with Crippen molar-refractivity contribution >= 4 is 11.0 Å². The van der Waals surface area contributed by atoms with Gasteiger partial charge in [0.15, 0.2) is 0 Å². The van der Waals surface area contributed by atoms with Crippen molar-refractivity contribution in [3.05, 3.63) is 59.8 Å². The Bertz CT molecular complexity index is 819. The fraction of sp³-hybridized carbons (Fsp3) is 0.300. The predicted molar refractivity (Wildman–Crippen MR) is 91.6 cm³/mol. The van der Waals surface area contributed by atoms with E-state index in [1.165, 1.54) is 27.9 Å². The number of fused-ring (bicyclic) bond motifs is 1. The molecule has 0 aliphatic rings. The highest BCUT2D eigenvalue weighted by Crippen LogP contribution is 2.22. The van der Waals surface area contributed by atoms with Gasteiger partial charge in [0.1, 0.15) is 12.6 Å². The van der Waals surface area contributed by atoms with Gasteiger partial charge in [-0.2, -0.15) is 4.57 Å². The van der Waals surface area contributed by atoms with E-state index in [1.807, 2.05) is 6.20 Å². The summed E-state index contributed by atoms with van der Waals surface area (Å²) >= 11 is 0. The average molecular weight is 291 g/mol. The molecule has 0 saturated heterocycles. The van der Waals surface area contributed by atoms with E-state index in [0.29, 0.717) is 5.92 Å². The van der Waals surface area contributed by atoms with Crippen molar-refractivity contribution in [2.24, 2.45) is 13.0 Å². The van der Waals surface area contributed by atoms with Gasteiger partial charge in [0.05, 0.1) is 0 Å². The van der Waals surface area contributed by atoms with E-state index in [4.69, 9.17) is 0 Å². The van der Waals surface area contributed by atoms with Gasteiger partial charge in [0.25, 0.3) is 0 Å². The van der Waals surface area contributed by atoms with Gasteiger partial charge in [0.2, 0.25) is 11.2 Å². The Kier molecular flexibility index (Phi) is 3.93. The van der Waals surface area contributed by atoms with E-state index in [0.717, 1.165) is 11.9 Å². The summed E-state index contributed by atoms with van der Waals surface area (Å²) < 4.78 is 2.26. The molecule has 0 radical (unpaired) electrons. The number of hydrogen-bond acceptors (Lipinski definition) is 1. The zero-order chi connectivity index (χ0) is 15.7. The molecule has 0 amide bonds. The maximum atomic E-state index is 4.63. The van der Waals surface area contributed by atoms with Gasteiger partial charge in [-0.15, -0.1) is 0 Å². The molecule has 2 nitrogen and oxygen atoms in total. The van der Waals surface area contributed by atoms with Crippen LogP contribution >= 0.6 is 0 Å². The molecule has 0 aliphatic heterocycles. The van der Waals surface area contributed by atoms with Crippen LogP contribution < -0.4 is 4.57 Å². The van der Waals surface area contributed by atoms with Crippen LogP contribution in [-0.4, -0.2) is 4.98 Å². The lowest BCUT2D eigenvalue weighted by Gasteiger charge is -2.08. The Morgan fingerprint density at radius 3 is 2.59 bits per heavy atom. The lowest BCUT2D eigenvalue weighted by Crippen LogP contribution is -2.32. The third kappa shape index (κ3) is 2.74. The zero-order valence-corrected chi connectivity index (χ0v) is 13.8. The molecule has 2 heteroatoms. The molecule has 0 saturated carbocycles. The second-order valence-electron chi connectivity index (χ2n) is 6.44. The fourth-order valence-corrected chi connectivity index (χ4v) is 3.02. The van der Waals surface area contributed by atoms with Gasteiger partial charge in [-0.3, -0.25) is 0 Å². The summed E-state index contributed by atoms with van der Waals surface area (Å²) in [6.07, 6.45) is 3.08. The number of aromatic nitrogens is 2. The molecule has 112 valence electrons. The number of pyridine rings is 2. The topological polar surface area (TPSA) is 16.8 Å². The van der Waals surface area contributed by atoms with Crippen molar-refractivity contribution in [2.45, 2.75) is 27.2 Å². The second-order valence-corrected chi connectivity index (χ2v) is 6.44. The van der Waals surface area contributed by atoms with Crippen LogP contribution in [0.15, 0.2) is 48.7 Å². The molecule has 0 unspecified atom stereocenters. The molecule has 3 rings (SSSR count). The molecule has 2 aromatic heterocycles. The normalized spacial score (nSPS) is 11.3. The maximum absolute atomic E-state index is 4.63. The number of hydrogen-bond donors (Lipinski definition) is 0. The largest absolute Gasteiger partial charge is 0.250 e. The lowest BCUT2D eigenvalue weighted by molar-refractivity contribution is -0.633. The van der Waals surface area contributed by atoms with E-state index in [9.17, 15) is 0 Å². The average Bonchev–Trinajstić information content (AvgIpc) is 2.49. The van der Waals surface area contributed by atoms with Gasteiger partial charge in [-0.1, -0.05) is 32.0 Å². The van der Waals surface area contributed by atoms with Gasteiger partial charge in [-0.05, 0) is 42.5 Å². The first-order valence-electron chi connectivity index (χ1n) is 7.90. The number of nitrogens with zero attached hydrogens (tertiary/aromatic N) is 2. The van der Waals surface area contributed by atoms with E-state index >= 15 is 0 Å². The summed E-state index contributed by atoms with van der Waals surface area (Å²) in [5.41, 5.74) is 7.35. The highest BCUT2D eigenvalue weighted by atomic mass is 14.9. The van der Waals surface area contributed by atoms with Crippen molar-refractivity contribution in [3.8, 4) is 11.3 Å². The Hall–Kier alpha value is -2.22. The molecular weight excluding hydrogens is 268 g/mol. The van der Waals surface area contributed by atoms with Crippen LogP contribution in [0, 0.1) is 12.8 Å². The first-order chi connectivity index (χ1) is 10.6. The lowest BCUT2D eigenvalue weighted by atomic mass is 10.0. The summed E-state index contributed by atoms with van der Waals surface area (Å²) in [6.45, 7) is 6.65. The molecule has 0 bridgehead atoms. The summed E-state index contributed by atoms with van der Waals surface area (Å²) in [5.74, 6) is 0.643. The molecule has 3 aromatic rings. The molecular formula is C20H23N2+. The maximum Gasteiger partial charge on any atom is 0.231 e. The third-order valence-corrected chi connectivity index (χ3v) is 4.14. The van der Waals surface area contributed by atoms with Crippen LogP contribution in [-0.2, 0) is 13.5 Å². The van der Waals surface area contributed by atoms with Crippen molar-refractivity contribution < 1.29 is 4.57 Å². The van der Waals surface area contributed by atoms with E-state index in [2.05, 4.69) is 79.8 Å². The SMILES string of the molecule is Cc1ccccc1-c1ccc2ncc(CC(C)C)cc2[n+]1C. The molecule has 0 fully saturated rings. The summed E-state index contributed by atoms with van der Waals surface area (Å²) in [4.78, 5) is 4.63. The van der Waals surface area contributed by atoms with Crippen LogP contribution in [0.1, 0.15) is 25.0 Å². The fourth-order valence-electron chi connectivity index (χ4n) is 3.02. The Labute approximate surface area is 132 Å². The zero-order valence-electron chi connectivity index (χ0n) is 13.8. The van der Waals surface area contributed by atoms with Gasteiger partial charge in [-0.25, -0.2) is 4.98 Å². The summed E-state index contributed by atoms with van der Waals surface area (Å²) in [6, 6.07) is 15.1. The standard InChI is InChI=1S/C20H23N2/c1-14(2)11-16-12-20-18(21-13-16)9-10-19(22(20)4)17-8-6-5-7-15(17)3/h5-10,12-14H,11H2,1-4H3/q+1. The second kappa shape index (κ2) is 5.88. The number of benzene rings is 1. The number of rotatable bonds is 3. The van der Waals surface area contributed by atoms with Gasteiger partial charge < -0.3 is 0 Å². The van der Waals surface area contributed by atoms with E-state index < -0.39 is 0 Å². The van der Waals surface area contributed by atoms with Gasteiger partial charge in [0, 0.05) is 23.9 Å². The monoisotopic (exact) mass is 291 g/mol. The number of aryl methyl sites for hydroxylation is 2. The Morgan fingerprint density at radius 1 is 1.09 bits per heavy atom. The summed E-state index contributed by atoms with van der Waals surface area (Å²) in [7, 11) is 2.13. The van der Waals surface area contributed by atoms with Crippen LogP contribution in [0.25, 0.3) is 22.3 Å². The molecule has 0 N–H and O–H groups in total. The van der Waals surface area contributed by atoms with Crippen LogP contribution in [0.4, 0.5) is 0 Å². The minimum atomic E-state index is 0.643. The van der Waals surface area contributed by atoms with Crippen molar-refractivity contribution in [3.63, 3.8) is 0 Å². The van der Waals surface area contributed by atoms with Crippen molar-refractivity contribution in [1.29, 1.82) is 0 Å². The van der Waals surface area contributed by atoms with E-state index in [-0.39, 0.29) is 0 Å². The quantitative estimate of drug-likeness (QED) is 0.660.